The van der Waals surface area contributed by atoms with Gasteiger partial charge in [-0.3, -0.25) is 4.79 Å². The number of sulfonamides is 1. The van der Waals surface area contributed by atoms with Crippen LogP contribution in [-0.2, 0) is 14.8 Å². The second-order valence-electron chi connectivity index (χ2n) is 7.13. The van der Waals surface area contributed by atoms with Crippen LogP contribution >= 0.6 is 0 Å². The number of ether oxygens (including phenoxy) is 3. The molecule has 0 spiro atoms. The number of carbonyl (C=O) groups is 1. The molecule has 1 heterocycles. The van der Waals surface area contributed by atoms with Gasteiger partial charge < -0.3 is 19.1 Å². The summed E-state index contributed by atoms with van der Waals surface area (Å²) < 4.78 is 43.5. The molecule has 0 saturated carbocycles. The zero-order chi connectivity index (χ0) is 22.4. The van der Waals surface area contributed by atoms with Crippen LogP contribution in [0.25, 0.3) is 0 Å². The molecule has 31 heavy (non-hydrogen) atoms. The molecule has 3 rings (SSSR count). The van der Waals surface area contributed by atoms with Crippen molar-refractivity contribution in [2.24, 2.45) is 0 Å². The number of nitrogens with zero attached hydrogens (tertiary/aromatic N) is 2. The number of piperazine rings is 1. The van der Waals surface area contributed by atoms with Crippen molar-refractivity contribution in [2.75, 3.05) is 46.5 Å². The molecule has 2 aromatic carbocycles. The second kappa shape index (κ2) is 10.0. The molecule has 1 amide bonds. The third-order valence-electron chi connectivity index (χ3n) is 5.03. The topological polar surface area (TPSA) is 85.4 Å². The van der Waals surface area contributed by atoms with Crippen molar-refractivity contribution in [1.82, 2.24) is 9.21 Å². The summed E-state index contributed by atoms with van der Waals surface area (Å²) >= 11 is 0. The van der Waals surface area contributed by atoms with E-state index in [0.29, 0.717) is 36.9 Å². The number of hydrogen-bond acceptors (Lipinski definition) is 6. The molecule has 0 unspecified atom stereocenters. The standard InChI is InChI=1S/C22H28N2O6S/c1-4-29-18-6-8-19(9-7-18)31(26,27)24-13-11-23(12-14-24)22(25)16-30-20-10-5-17(2)15-21(20)28-3/h5-10,15H,4,11-14,16H2,1-3H3. The number of amides is 1. The number of hydrogen-bond donors (Lipinski definition) is 0. The molecule has 0 aromatic heterocycles. The lowest BCUT2D eigenvalue weighted by Gasteiger charge is -2.34. The summed E-state index contributed by atoms with van der Waals surface area (Å²) in [6.45, 7) is 5.27. The summed E-state index contributed by atoms with van der Waals surface area (Å²) in [5, 5.41) is 0. The SMILES string of the molecule is CCOc1ccc(S(=O)(=O)N2CCN(C(=O)COc3ccc(C)cc3OC)CC2)cc1. The predicted molar refractivity (Wildman–Crippen MR) is 116 cm³/mol. The van der Waals surface area contributed by atoms with E-state index in [1.165, 1.54) is 4.31 Å². The van der Waals surface area contributed by atoms with Crippen molar-refractivity contribution < 1.29 is 27.4 Å². The van der Waals surface area contributed by atoms with E-state index in [1.54, 1.807) is 42.3 Å². The maximum absolute atomic E-state index is 12.9. The van der Waals surface area contributed by atoms with Crippen molar-refractivity contribution in [1.29, 1.82) is 0 Å². The molecule has 8 nitrogen and oxygen atoms in total. The minimum Gasteiger partial charge on any atom is -0.494 e. The quantitative estimate of drug-likeness (QED) is 0.616. The van der Waals surface area contributed by atoms with Gasteiger partial charge >= 0.3 is 0 Å². The Bertz CT molecular complexity index is 999. The lowest BCUT2D eigenvalue weighted by atomic mass is 10.2. The largest absolute Gasteiger partial charge is 0.494 e. The van der Waals surface area contributed by atoms with Crippen molar-refractivity contribution in [3.05, 3.63) is 48.0 Å². The molecule has 168 valence electrons. The first-order valence-electron chi connectivity index (χ1n) is 10.1. The van der Waals surface area contributed by atoms with E-state index in [2.05, 4.69) is 0 Å². The van der Waals surface area contributed by atoms with E-state index >= 15 is 0 Å². The van der Waals surface area contributed by atoms with Crippen LogP contribution in [0.3, 0.4) is 0 Å². The fourth-order valence-corrected chi connectivity index (χ4v) is 4.75. The fraction of sp³-hybridized carbons (Fsp3) is 0.409. The highest BCUT2D eigenvalue weighted by Gasteiger charge is 2.30. The Morgan fingerprint density at radius 3 is 2.26 bits per heavy atom. The van der Waals surface area contributed by atoms with E-state index in [4.69, 9.17) is 14.2 Å². The monoisotopic (exact) mass is 448 g/mol. The van der Waals surface area contributed by atoms with Crippen molar-refractivity contribution >= 4 is 15.9 Å². The molecule has 1 aliphatic rings. The summed E-state index contributed by atoms with van der Waals surface area (Å²) in [4.78, 5) is 14.4. The first-order chi connectivity index (χ1) is 14.8. The van der Waals surface area contributed by atoms with Crippen molar-refractivity contribution in [2.45, 2.75) is 18.7 Å². The molecule has 0 bridgehead atoms. The lowest BCUT2D eigenvalue weighted by Crippen LogP contribution is -2.51. The van der Waals surface area contributed by atoms with Gasteiger partial charge in [0.15, 0.2) is 18.1 Å². The maximum atomic E-state index is 12.9. The molecule has 0 N–H and O–H groups in total. The number of aryl methyl sites for hydroxylation is 1. The average molecular weight is 449 g/mol. The van der Waals surface area contributed by atoms with E-state index in [9.17, 15) is 13.2 Å². The van der Waals surface area contributed by atoms with Crippen LogP contribution in [0, 0.1) is 6.92 Å². The van der Waals surface area contributed by atoms with Crippen LogP contribution in [0.2, 0.25) is 0 Å². The van der Waals surface area contributed by atoms with Gasteiger partial charge in [0.2, 0.25) is 10.0 Å². The van der Waals surface area contributed by atoms with Crippen LogP contribution in [0.15, 0.2) is 47.4 Å². The Hall–Kier alpha value is -2.78. The van der Waals surface area contributed by atoms with E-state index in [0.717, 1.165) is 5.56 Å². The van der Waals surface area contributed by atoms with Gasteiger partial charge in [0.25, 0.3) is 5.91 Å². The van der Waals surface area contributed by atoms with Crippen LogP contribution in [0.5, 0.6) is 17.2 Å². The third kappa shape index (κ3) is 5.48. The summed E-state index contributed by atoms with van der Waals surface area (Å²) in [6.07, 6.45) is 0. The first kappa shape index (κ1) is 22.9. The molecular formula is C22H28N2O6S. The zero-order valence-corrected chi connectivity index (χ0v) is 18.9. The van der Waals surface area contributed by atoms with Gasteiger partial charge in [0, 0.05) is 26.2 Å². The highest BCUT2D eigenvalue weighted by Crippen LogP contribution is 2.28. The Morgan fingerprint density at radius 1 is 0.968 bits per heavy atom. The fourth-order valence-electron chi connectivity index (χ4n) is 3.33. The summed E-state index contributed by atoms with van der Waals surface area (Å²) in [6, 6.07) is 11.9. The molecule has 0 radical (unpaired) electrons. The zero-order valence-electron chi connectivity index (χ0n) is 18.0. The van der Waals surface area contributed by atoms with Crippen LogP contribution < -0.4 is 14.2 Å². The molecule has 0 aliphatic carbocycles. The summed E-state index contributed by atoms with van der Waals surface area (Å²) in [7, 11) is -2.07. The summed E-state index contributed by atoms with van der Waals surface area (Å²) in [5.74, 6) is 1.50. The van der Waals surface area contributed by atoms with Crippen LogP contribution in [0.4, 0.5) is 0 Å². The van der Waals surface area contributed by atoms with Gasteiger partial charge in [-0.25, -0.2) is 8.42 Å². The van der Waals surface area contributed by atoms with E-state index in [-0.39, 0.29) is 30.5 Å². The predicted octanol–water partition coefficient (Wildman–Crippen LogP) is 2.31. The minimum atomic E-state index is -3.62. The van der Waals surface area contributed by atoms with Crippen LogP contribution in [0.1, 0.15) is 12.5 Å². The molecule has 1 fully saturated rings. The molecule has 1 saturated heterocycles. The molecule has 0 atom stereocenters. The number of methoxy groups -OCH3 is 1. The Labute approximate surface area is 183 Å². The summed E-state index contributed by atoms with van der Waals surface area (Å²) in [5.41, 5.74) is 1.03. The molecule has 2 aromatic rings. The highest BCUT2D eigenvalue weighted by molar-refractivity contribution is 7.89. The second-order valence-corrected chi connectivity index (χ2v) is 9.07. The first-order valence-corrected chi connectivity index (χ1v) is 11.6. The van der Waals surface area contributed by atoms with E-state index < -0.39 is 10.0 Å². The number of benzene rings is 2. The Balaban J connectivity index is 1.55. The number of rotatable bonds is 8. The molecule has 9 heteroatoms. The third-order valence-corrected chi connectivity index (χ3v) is 6.95. The normalized spacial score (nSPS) is 14.9. The molecule has 1 aliphatic heterocycles. The minimum absolute atomic E-state index is 0.134. The Morgan fingerprint density at radius 2 is 1.65 bits per heavy atom. The van der Waals surface area contributed by atoms with Crippen molar-refractivity contribution in [3.8, 4) is 17.2 Å². The van der Waals surface area contributed by atoms with Gasteiger partial charge in [-0.05, 0) is 55.8 Å². The number of carbonyl (C=O) groups excluding carboxylic acids is 1. The molecular weight excluding hydrogens is 420 g/mol. The van der Waals surface area contributed by atoms with Gasteiger partial charge in [0.1, 0.15) is 5.75 Å². The van der Waals surface area contributed by atoms with Gasteiger partial charge in [-0.2, -0.15) is 4.31 Å². The van der Waals surface area contributed by atoms with Crippen molar-refractivity contribution in [3.63, 3.8) is 0 Å². The Kier molecular flexibility index (Phi) is 7.40. The maximum Gasteiger partial charge on any atom is 0.260 e. The highest BCUT2D eigenvalue weighted by atomic mass is 32.2. The van der Waals surface area contributed by atoms with Gasteiger partial charge in [0.05, 0.1) is 18.6 Å². The van der Waals surface area contributed by atoms with Crippen LogP contribution in [-0.4, -0.2) is 70.0 Å². The lowest BCUT2D eigenvalue weighted by molar-refractivity contribution is -0.134. The van der Waals surface area contributed by atoms with Gasteiger partial charge in [-0.1, -0.05) is 6.07 Å². The van der Waals surface area contributed by atoms with Gasteiger partial charge in [-0.15, -0.1) is 0 Å². The average Bonchev–Trinajstić information content (AvgIpc) is 2.78. The smallest absolute Gasteiger partial charge is 0.260 e. The van der Waals surface area contributed by atoms with E-state index in [1.807, 2.05) is 26.0 Å².